The Kier molecular flexibility index (Phi) is 5.92. The van der Waals surface area contributed by atoms with E-state index in [9.17, 15) is 9.59 Å². The van der Waals surface area contributed by atoms with Crippen LogP contribution in [0.25, 0.3) is 6.08 Å². The molecule has 1 saturated heterocycles. The van der Waals surface area contributed by atoms with Crippen molar-refractivity contribution in [2.24, 2.45) is 0 Å². The quantitative estimate of drug-likeness (QED) is 0.789. The zero-order valence-corrected chi connectivity index (χ0v) is 17.1. The van der Waals surface area contributed by atoms with Crippen LogP contribution in [-0.2, 0) is 14.0 Å². The Hall–Kier alpha value is -2.06. The van der Waals surface area contributed by atoms with Gasteiger partial charge in [0.25, 0.3) is 0 Å². The highest BCUT2D eigenvalue weighted by atomic mass is 16.7. The van der Waals surface area contributed by atoms with Gasteiger partial charge >= 0.3 is 13.2 Å². The number of rotatable bonds is 4. The molecule has 7 nitrogen and oxygen atoms in total. The van der Waals surface area contributed by atoms with Gasteiger partial charge < -0.3 is 24.3 Å². The minimum absolute atomic E-state index is 0.184. The van der Waals surface area contributed by atoms with Crippen molar-refractivity contribution < 1.29 is 18.8 Å². The first-order valence-electron chi connectivity index (χ1n) is 9.01. The highest BCUT2D eigenvalue weighted by Crippen LogP contribution is 2.38. The largest absolute Gasteiger partial charge is 0.492 e. The number of ether oxygens (including phenoxy) is 1. The van der Waals surface area contributed by atoms with E-state index in [1.807, 2.05) is 33.8 Å². The van der Waals surface area contributed by atoms with Crippen LogP contribution in [0.15, 0.2) is 28.6 Å². The minimum atomic E-state index is -0.628. The Morgan fingerprint density at radius 1 is 1.22 bits per heavy atom. The zero-order valence-electron chi connectivity index (χ0n) is 17.1. The highest BCUT2D eigenvalue weighted by molar-refractivity contribution is 6.56. The summed E-state index contributed by atoms with van der Waals surface area (Å²) in [5.74, 6) is 0. The molecular formula is C19H29BN2O5. The van der Waals surface area contributed by atoms with Crippen molar-refractivity contribution in [2.45, 2.75) is 65.3 Å². The third kappa shape index (κ3) is 5.71. The monoisotopic (exact) mass is 376 g/mol. The Labute approximate surface area is 160 Å². The molecule has 1 aliphatic rings. The molecule has 0 bridgehead atoms. The zero-order chi connectivity index (χ0) is 20.5. The van der Waals surface area contributed by atoms with Crippen molar-refractivity contribution in [1.29, 1.82) is 0 Å². The summed E-state index contributed by atoms with van der Waals surface area (Å²) in [5, 5.41) is 2.74. The highest BCUT2D eigenvalue weighted by Gasteiger charge is 2.52. The van der Waals surface area contributed by atoms with E-state index in [1.165, 1.54) is 6.07 Å². The van der Waals surface area contributed by atoms with Gasteiger partial charge in [-0.1, -0.05) is 6.08 Å². The second kappa shape index (κ2) is 7.52. The number of H-pyrrole nitrogens is 1. The van der Waals surface area contributed by atoms with E-state index < -0.39 is 30.0 Å². The summed E-state index contributed by atoms with van der Waals surface area (Å²) in [5.41, 5.74) is -0.299. The molecule has 2 N–H and O–H groups in total. The average molecular weight is 376 g/mol. The molecule has 1 fully saturated rings. The van der Waals surface area contributed by atoms with Gasteiger partial charge in [-0.3, -0.25) is 4.79 Å². The fourth-order valence-electron chi connectivity index (χ4n) is 2.41. The normalized spacial score (nSPS) is 19.1. The van der Waals surface area contributed by atoms with Gasteiger partial charge in [0.2, 0.25) is 5.56 Å². The van der Waals surface area contributed by atoms with Crippen molar-refractivity contribution in [3.8, 4) is 0 Å². The van der Waals surface area contributed by atoms with Crippen LogP contribution in [0, 0.1) is 0 Å². The number of pyridine rings is 1. The van der Waals surface area contributed by atoms with E-state index in [4.69, 9.17) is 14.0 Å². The molecule has 148 valence electrons. The Morgan fingerprint density at radius 2 is 1.81 bits per heavy atom. The Bertz CT molecular complexity index is 741. The third-order valence-electron chi connectivity index (χ3n) is 4.55. The molecule has 1 aromatic rings. The summed E-state index contributed by atoms with van der Waals surface area (Å²) in [6.45, 7) is 13.5. The summed E-state index contributed by atoms with van der Waals surface area (Å²) in [7, 11) is -0.628. The molecule has 2 heterocycles. The average Bonchev–Trinajstić information content (AvgIpc) is 2.72. The van der Waals surface area contributed by atoms with Gasteiger partial charge in [0.15, 0.2) is 0 Å². The number of aromatic nitrogens is 1. The molecule has 1 aromatic heterocycles. The van der Waals surface area contributed by atoms with Crippen LogP contribution in [0.1, 0.15) is 54.0 Å². The van der Waals surface area contributed by atoms with Crippen molar-refractivity contribution in [2.75, 3.05) is 6.54 Å². The van der Waals surface area contributed by atoms with Gasteiger partial charge in [0.05, 0.1) is 11.2 Å². The lowest BCUT2D eigenvalue weighted by atomic mass is 9.77. The molecule has 27 heavy (non-hydrogen) atoms. The lowest BCUT2D eigenvalue weighted by Gasteiger charge is -2.32. The van der Waals surface area contributed by atoms with Crippen molar-refractivity contribution in [1.82, 2.24) is 10.3 Å². The number of alkyl carbamates (subject to hydrolysis) is 1. The van der Waals surface area contributed by atoms with Crippen LogP contribution >= 0.6 is 0 Å². The van der Waals surface area contributed by atoms with Gasteiger partial charge in [0, 0.05) is 18.8 Å². The Balaban J connectivity index is 2.23. The van der Waals surface area contributed by atoms with E-state index in [0.29, 0.717) is 5.47 Å². The maximum atomic E-state index is 12.0. The molecule has 0 aromatic carbocycles. The topological polar surface area (TPSA) is 89.7 Å². The first-order valence-corrected chi connectivity index (χ1v) is 9.01. The van der Waals surface area contributed by atoms with Gasteiger partial charge in [0.1, 0.15) is 5.60 Å². The van der Waals surface area contributed by atoms with Crippen molar-refractivity contribution in [3.63, 3.8) is 0 Å². The maximum absolute atomic E-state index is 12.0. The molecule has 0 saturated carbocycles. The van der Waals surface area contributed by atoms with Crippen LogP contribution in [0.3, 0.4) is 0 Å². The summed E-state index contributed by atoms with van der Waals surface area (Å²) >= 11 is 0. The van der Waals surface area contributed by atoms with Crippen LogP contribution in [0.2, 0.25) is 0 Å². The number of carbonyl (C=O) groups excluding carboxylic acids is 1. The standard InChI is InChI=1S/C19H29BN2O5/c1-17(2,3)25-16(24)22-12-14(10-13-8-9-15(23)21-11-13)20-26-18(4,5)19(6,7)27-20/h8-11H,12H2,1-7H3,(H,21,23)(H,22,24). The first-order chi connectivity index (χ1) is 12.3. The predicted molar refractivity (Wildman–Crippen MR) is 105 cm³/mol. The molecule has 1 aliphatic heterocycles. The molecule has 0 aliphatic carbocycles. The van der Waals surface area contributed by atoms with Crippen LogP contribution in [0.5, 0.6) is 0 Å². The summed E-state index contributed by atoms with van der Waals surface area (Å²) in [4.78, 5) is 26.0. The maximum Gasteiger partial charge on any atom is 0.492 e. The van der Waals surface area contributed by atoms with Gasteiger partial charge in [-0.25, -0.2) is 4.79 Å². The van der Waals surface area contributed by atoms with Crippen molar-refractivity contribution in [3.05, 3.63) is 39.7 Å². The number of nitrogens with one attached hydrogen (secondary N) is 2. The number of aromatic amines is 1. The SMILES string of the molecule is CC(C)(C)OC(=O)NCC(=Cc1ccc(=O)[nH]c1)B1OC(C)(C)C(C)(C)O1. The molecule has 0 unspecified atom stereocenters. The number of carbonyl (C=O) groups is 1. The van der Waals surface area contributed by atoms with E-state index in [0.717, 1.165) is 5.56 Å². The third-order valence-corrected chi connectivity index (χ3v) is 4.55. The van der Waals surface area contributed by atoms with Gasteiger partial charge in [-0.15, -0.1) is 0 Å². The summed E-state index contributed by atoms with van der Waals surface area (Å²) < 4.78 is 17.5. The van der Waals surface area contributed by atoms with Crippen molar-refractivity contribution >= 4 is 19.3 Å². The van der Waals surface area contributed by atoms with E-state index >= 15 is 0 Å². The predicted octanol–water partition coefficient (Wildman–Crippen LogP) is 2.91. The molecule has 1 amide bonds. The molecule has 2 rings (SSSR count). The Morgan fingerprint density at radius 3 is 2.30 bits per heavy atom. The molecule has 0 spiro atoms. The van der Waals surface area contributed by atoms with Gasteiger partial charge in [-0.05, 0) is 65.6 Å². The second-order valence-electron chi connectivity index (χ2n) is 8.65. The van der Waals surface area contributed by atoms with Gasteiger partial charge in [-0.2, -0.15) is 0 Å². The molecule has 0 radical (unpaired) electrons. The number of hydrogen-bond donors (Lipinski definition) is 2. The summed E-state index contributed by atoms with van der Waals surface area (Å²) in [6, 6.07) is 3.13. The fourth-order valence-corrected chi connectivity index (χ4v) is 2.41. The van der Waals surface area contributed by atoms with Crippen LogP contribution in [0.4, 0.5) is 4.79 Å². The second-order valence-corrected chi connectivity index (χ2v) is 8.65. The lowest BCUT2D eigenvalue weighted by molar-refractivity contribution is 0.00578. The number of amides is 1. The van der Waals surface area contributed by atoms with E-state index in [-0.39, 0.29) is 12.1 Å². The smallest absolute Gasteiger partial charge is 0.444 e. The lowest BCUT2D eigenvalue weighted by Crippen LogP contribution is -2.41. The summed E-state index contributed by atoms with van der Waals surface area (Å²) in [6.07, 6.45) is 2.91. The number of hydrogen-bond acceptors (Lipinski definition) is 5. The molecule has 0 atom stereocenters. The molecule has 8 heteroatoms. The van der Waals surface area contributed by atoms with E-state index in [1.54, 1.807) is 33.0 Å². The van der Waals surface area contributed by atoms with E-state index in [2.05, 4.69) is 10.3 Å². The van der Waals surface area contributed by atoms with Crippen LogP contribution < -0.4 is 10.9 Å². The first kappa shape index (κ1) is 21.2. The minimum Gasteiger partial charge on any atom is -0.444 e. The van der Waals surface area contributed by atoms with Crippen LogP contribution in [-0.4, -0.2) is 41.5 Å². The fraction of sp³-hybridized carbons (Fsp3) is 0.579. The molecular weight excluding hydrogens is 347 g/mol.